The Hall–Kier alpha value is -1.51. The molecule has 0 unspecified atom stereocenters. The molecule has 2 N–H and O–H groups in total. The van der Waals surface area contributed by atoms with Crippen molar-refractivity contribution in [3.8, 4) is 5.75 Å². The van der Waals surface area contributed by atoms with Crippen molar-refractivity contribution in [1.82, 2.24) is 0 Å². The van der Waals surface area contributed by atoms with E-state index in [1.54, 1.807) is 13.0 Å². The number of aryl methyl sites for hydroxylation is 1. The Bertz CT molecular complexity index is 422. The molecule has 0 saturated heterocycles. The predicted octanol–water partition coefficient (Wildman–Crippen LogP) is 3.30. The maximum absolute atomic E-state index is 11.2. The van der Waals surface area contributed by atoms with Gasteiger partial charge in [0.05, 0.1) is 5.56 Å². The lowest BCUT2D eigenvalue weighted by Crippen LogP contribution is -2.07. The third-order valence-corrected chi connectivity index (χ3v) is 2.94. The zero-order valence-electron chi connectivity index (χ0n) is 10.7. The van der Waals surface area contributed by atoms with Crippen LogP contribution in [0.5, 0.6) is 5.75 Å². The lowest BCUT2D eigenvalue weighted by atomic mass is 9.91. The smallest absolute Gasteiger partial charge is 0.335 e. The number of aromatic carboxylic acids is 1. The van der Waals surface area contributed by atoms with Crippen LogP contribution in [0.2, 0.25) is 0 Å². The number of carboxylic acid groups (broad SMARTS) is 1. The molecule has 0 fully saturated rings. The van der Waals surface area contributed by atoms with E-state index in [1.807, 2.05) is 13.8 Å². The van der Waals surface area contributed by atoms with Gasteiger partial charge in [0.2, 0.25) is 0 Å². The van der Waals surface area contributed by atoms with Crippen LogP contribution in [0.1, 0.15) is 53.7 Å². The largest absolute Gasteiger partial charge is 0.507 e. The number of benzene rings is 1. The van der Waals surface area contributed by atoms with Crippen molar-refractivity contribution in [3.63, 3.8) is 0 Å². The van der Waals surface area contributed by atoms with Crippen LogP contribution >= 0.6 is 0 Å². The van der Waals surface area contributed by atoms with E-state index in [1.165, 1.54) is 0 Å². The van der Waals surface area contributed by atoms with Crippen LogP contribution in [0.3, 0.4) is 0 Å². The van der Waals surface area contributed by atoms with E-state index in [9.17, 15) is 15.0 Å². The zero-order chi connectivity index (χ0) is 13.0. The minimum Gasteiger partial charge on any atom is -0.507 e. The van der Waals surface area contributed by atoms with Crippen LogP contribution in [0.15, 0.2) is 6.07 Å². The molecule has 0 aliphatic carbocycles. The Morgan fingerprint density at radius 2 is 1.71 bits per heavy atom. The Morgan fingerprint density at radius 1 is 1.18 bits per heavy atom. The monoisotopic (exact) mass is 236 g/mol. The van der Waals surface area contributed by atoms with Crippen LogP contribution in [0.25, 0.3) is 0 Å². The highest BCUT2D eigenvalue weighted by Gasteiger charge is 2.18. The van der Waals surface area contributed by atoms with Crippen molar-refractivity contribution in [1.29, 1.82) is 0 Å². The normalized spacial score (nSPS) is 10.5. The molecule has 0 aromatic heterocycles. The summed E-state index contributed by atoms with van der Waals surface area (Å²) in [6, 6.07) is 1.57. The molecule has 1 aromatic carbocycles. The Labute approximate surface area is 102 Å². The fraction of sp³-hybridized carbons (Fsp3) is 0.500. The lowest BCUT2D eigenvalue weighted by molar-refractivity contribution is 0.0695. The summed E-state index contributed by atoms with van der Waals surface area (Å²) in [5, 5.41) is 19.3. The summed E-state index contributed by atoms with van der Waals surface area (Å²) in [7, 11) is 0. The highest BCUT2D eigenvalue weighted by molar-refractivity contribution is 5.90. The molecule has 3 heteroatoms. The molecular formula is C14H20O3. The average molecular weight is 236 g/mol. The van der Waals surface area contributed by atoms with Gasteiger partial charge in [0.25, 0.3) is 0 Å². The number of hydrogen-bond donors (Lipinski definition) is 2. The highest BCUT2D eigenvalue weighted by atomic mass is 16.4. The number of carbonyl (C=O) groups is 1. The van der Waals surface area contributed by atoms with Gasteiger partial charge in [0.15, 0.2) is 0 Å². The van der Waals surface area contributed by atoms with Gasteiger partial charge in [-0.05, 0) is 42.5 Å². The maximum atomic E-state index is 11.2. The third kappa shape index (κ3) is 2.78. The van der Waals surface area contributed by atoms with E-state index in [0.29, 0.717) is 17.5 Å². The van der Waals surface area contributed by atoms with Gasteiger partial charge in [-0.25, -0.2) is 4.79 Å². The lowest BCUT2D eigenvalue weighted by Gasteiger charge is -2.15. The van der Waals surface area contributed by atoms with Crippen molar-refractivity contribution in [3.05, 3.63) is 28.3 Å². The van der Waals surface area contributed by atoms with E-state index in [-0.39, 0.29) is 5.75 Å². The molecule has 1 rings (SSSR count). The van der Waals surface area contributed by atoms with Crippen molar-refractivity contribution < 1.29 is 15.0 Å². The summed E-state index contributed by atoms with van der Waals surface area (Å²) in [5.74, 6) is -0.644. The highest BCUT2D eigenvalue weighted by Crippen LogP contribution is 2.31. The SMILES string of the molecule is CCCc1c(C(=O)O)cc(C)c(O)c1CCC. The van der Waals surface area contributed by atoms with E-state index in [2.05, 4.69) is 0 Å². The number of phenolic OH excluding ortho intramolecular Hbond substituents is 1. The first kappa shape index (κ1) is 13.6. The van der Waals surface area contributed by atoms with E-state index < -0.39 is 5.97 Å². The minimum absolute atomic E-state index is 0.264. The molecule has 0 atom stereocenters. The van der Waals surface area contributed by atoms with Crippen molar-refractivity contribution in [2.75, 3.05) is 0 Å². The molecule has 0 radical (unpaired) electrons. The summed E-state index contributed by atoms with van der Waals surface area (Å²) in [6.45, 7) is 5.78. The minimum atomic E-state index is -0.908. The van der Waals surface area contributed by atoms with Crippen molar-refractivity contribution in [2.24, 2.45) is 0 Å². The number of aromatic hydroxyl groups is 1. The fourth-order valence-electron chi connectivity index (χ4n) is 2.16. The molecule has 1 aromatic rings. The summed E-state index contributed by atoms with van der Waals surface area (Å²) >= 11 is 0. The van der Waals surface area contributed by atoms with E-state index >= 15 is 0 Å². The Balaban J connectivity index is 3.45. The molecule has 17 heavy (non-hydrogen) atoms. The second-order valence-corrected chi connectivity index (χ2v) is 4.35. The Morgan fingerprint density at radius 3 is 2.18 bits per heavy atom. The third-order valence-electron chi connectivity index (χ3n) is 2.94. The number of rotatable bonds is 5. The fourth-order valence-corrected chi connectivity index (χ4v) is 2.16. The first-order valence-electron chi connectivity index (χ1n) is 6.10. The molecule has 0 spiro atoms. The predicted molar refractivity (Wildman–Crippen MR) is 67.8 cm³/mol. The topological polar surface area (TPSA) is 57.5 Å². The van der Waals surface area contributed by atoms with Crippen LogP contribution in [0.4, 0.5) is 0 Å². The molecule has 0 aliphatic rings. The molecule has 0 aliphatic heterocycles. The van der Waals surface area contributed by atoms with Crippen LogP contribution in [-0.4, -0.2) is 16.2 Å². The molecule has 3 nitrogen and oxygen atoms in total. The zero-order valence-corrected chi connectivity index (χ0v) is 10.7. The molecule has 0 amide bonds. The van der Waals surface area contributed by atoms with Crippen LogP contribution < -0.4 is 0 Å². The van der Waals surface area contributed by atoms with Crippen molar-refractivity contribution >= 4 is 5.97 Å². The second-order valence-electron chi connectivity index (χ2n) is 4.35. The number of phenols is 1. The summed E-state index contributed by atoms with van der Waals surface area (Å²) in [4.78, 5) is 11.2. The second kappa shape index (κ2) is 5.71. The Kier molecular flexibility index (Phi) is 4.55. The molecule has 0 heterocycles. The van der Waals surface area contributed by atoms with Crippen LogP contribution in [-0.2, 0) is 12.8 Å². The van der Waals surface area contributed by atoms with Gasteiger partial charge in [-0.1, -0.05) is 26.7 Å². The van der Waals surface area contributed by atoms with Crippen molar-refractivity contribution in [2.45, 2.75) is 46.5 Å². The van der Waals surface area contributed by atoms with Gasteiger partial charge in [0.1, 0.15) is 5.75 Å². The molecule has 0 bridgehead atoms. The first-order valence-corrected chi connectivity index (χ1v) is 6.10. The van der Waals surface area contributed by atoms with Gasteiger partial charge < -0.3 is 10.2 Å². The molecule has 0 saturated carbocycles. The van der Waals surface area contributed by atoms with Gasteiger partial charge in [-0.15, -0.1) is 0 Å². The maximum Gasteiger partial charge on any atom is 0.335 e. The summed E-state index contributed by atoms with van der Waals surface area (Å²) < 4.78 is 0. The van der Waals surface area contributed by atoms with E-state index in [4.69, 9.17) is 0 Å². The number of carboxylic acids is 1. The summed E-state index contributed by atoms with van der Waals surface area (Å²) in [6.07, 6.45) is 3.19. The molecule has 94 valence electrons. The quantitative estimate of drug-likeness (QED) is 0.824. The van der Waals surface area contributed by atoms with Gasteiger partial charge >= 0.3 is 5.97 Å². The molecular weight excluding hydrogens is 216 g/mol. The van der Waals surface area contributed by atoms with Gasteiger partial charge in [0, 0.05) is 0 Å². The van der Waals surface area contributed by atoms with Gasteiger partial charge in [-0.2, -0.15) is 0 Å². The first-order chi connectivity index (χ1) is 8.02. The number of hydrogen-bond acceptors (Lipinski definition) is 2. The van der Waals surface area contributed by atoms with Gasteiger partial charge in [-0.3, -0.25) is 0 Å². The average Bonchev–Trinajstić information content (AvgIpc) is 2.28. The standard InChI is InChI=1S/C14H20O3/c1-4-6-10-11(7-5-2)13(15)9(3)8-12(10)14(16)17/h8,15H,4-7H2,1-3H3,(H,16,17). The van der Waals surface area contributed by atoms with E-state index in [0.717, 1.165) is 30.4 Å². The van der Waals surface area contributed by atoms with Crippen LogP contribution in [0, 0.1) is 6.92 Å². The summed E-state index contributed by atoms with van der Waals surface area (Å²) in [5.41, 5.74) is 2.59.